The minimum absolute atomic E-state index is 1.22. The van der Waals surface area contributed by atoms with E-state index in [0.717, 1.165) is 0 Å². The third-order valence-electron chi connectivity index (χ3n) is 3.14. The van der Waals surface area contributed by atoms with Crippen molar-refractivity contribution in [3.05, 3.63) is 22.8 Å². The van der Waals surface area contributed by atoms with E-state index in [4.69, 9.17) is 0 Å². The summed E-state index contributed by atoms with van der Waals surface area (Å²) in [5.41, 5.74) is 4.99. The Kier molecular flexibility index (Phi) is 5.00. The van der Waals surface area contributed by atoms with E-state index in [2.05, 4.69) is 26.8 Å². The van der Waals surface area contributed by atoms with Crippen LogP contribution in [-0.2, 0) is 0 Å². The van der Waals surface area contributed by atoms with Gasteiger partial charge in [-0.2, -0.15) is 0 Å². The van der Waals surface area contributed by atoms with Gasteiger partial charge in [0.1, 0.15) is 0 Å². The molecule has 0 aromatic heterocycles. The van der Waals surface area contributed by atoms with Crippen molar-refractivity contribution in [3.8, 4) is 0 Å². The lowest BCUT2D eigenvalue weighted by Crippen LogP contribution is -1.89. The van der Waals surface area contributed by atoms with Crippen LogP contribution < -0.4 is 0 Å². The van der Waals surface area contributed by atoms with Crippen molar-refractivity contribution in [2.24, 2.45) is 0 Å². The molecule has 0 fully saturated rings. The summed E-state index contributed by atoms with van der Waals surface area (Å²) in [6.07, 6.45) is 11.7. The Labute approximate surface area is 89.1 Å². The molecule has 0 unspecified atom stereocenters. The predicted octanol–water partition coefficient (Wildman–Crippen LogP) is 5.01. The zero-order valence-electron chi connectivity index (χ0n) is 10.0. The summed E-state index contributed by atoms with van der Waals surface area (Å²) < 4.78 is 0. The van der Waals surface area contributed by atoms with Crippen LogP contribution in [0, 0.1) is 0 Å². The van der Waals surface area contributed by atoms with Gasteiger partial charge in [-0.05, 0) is 50.2 Å². The van der Waals surface area contributed by atoms with E-state index in [0.29, 0.717) is 0 Å². The standard InChI is InChI=1S/C14H24/c1-4-6-8-13-11-10-12(3)14(13)9-7-5-2/h11H,4-10H2,1-3H3. The molecule has 14 heavy (non-hydrogen) atoms. The molecule has 0 heteroatoms. The smallest absolute Gasteiger partial charge is 0.0130 e. The van der Waals surface area contributed by atoms with Crippen molar-refractivity contribution in [1.82, 2.24) is 0 Å². The van der Waals surface area contributed by atoms with Gasteiger partial charge in [-0.1, -0.05) is 38.3 Å². The summed E-state index contributed by atoms with van der Waals surface area (Å²) in [5, 5.41) is 0. The van der Waals surface area contributed by atoms with Gasteiger partial charge in [0.05, 0.1) is 0 Å². The number of allylic oxidation sites excluding steroid dienone is 4. The molecular weight excluding hydrogens is 168 g/mol. The number of hydrogen-bond acceptors (Lipinski definition) is 0. The molecule has 0 saturated carbocycles. The highest BCUT2D eigenvalue weighted by Crippen LogP contribution is 2.32. The monoisotopic (exact) mass is 192 g/mol. The van der Waals surface area contributed by atoms with Gasteiger partial charge in [-0.25, -0.2) is 0 Å². The highest BCUT2D eigenvalue weighted by atomic mass is 14.2. The Bertz CT molecular complexity index is 230. The lowest BCUT2D eigenvalue weighted by atomic mass is 9.97. The molecule has 0 spiro atoms. The van der Waals surface area contributed by atoms with Gasteiger partial charge in [0.15, 0.2) is 0 Å². The fraction of sp³-hybridized carbons (Fsp3) is 0.714. The topological polar surface area (TPSA) is 0 Å². The molecule has 0 radical (unpaired) electrons. The summed E-state index contributed by atoms with van der Waals surface area (Å²) in [4.78, 5) is 0. The van der Waals surface area contributed by atoms with Crippen LogP contribution >= 0.6 is 0 Å². The number of rotatable bonds is 6. The molecule has 0 N–H and O–H groups in total. The molecule has 80 valence electrons. The first-order valence-corrected chi connectivity index (χ1v) is 6.17. The second-order valence-corrected chi connectivity index (χ2v) is 4.40. The van der Waals surface area contributed by atoms with Gasteiger partial charge in [-0.15, -0.1) is 0 Å². The molecule has 0 aliphatic heterocycles. The van der Waals surface area contributed by atoms with Crippen LogP contribution in [0.1, 0.15) is 65.7 Å². The van der Waals surface area contributed by atoms with Crippen LogP contribution in [0.2, 0.25) is 0 Å². The van der Waals surface area contributed by atoms with Gasteiger partial charge in [0.2, 0.25) is 0 Å². The first kappa shape index (κ1) is 11.6. The Balaban J connectivity index is 2.50. The second-order valence-electron chi connectivity index (χ2n) is 4.40. The quantitative estimate of drug-likeness (QED) is 0.554. The molecule has 0 nitrogen and oxygen atoms in total. The Hall–Kier alpha value is -0.520. The van der Waals surface area contributed by atoms with Crippen molar-refractivity contribution in [3.63, 3.8) is 0 Å². The second kappa shape index (κ2) is 6.06. The molecule has 0 saturated heterocycles. The van der Waals surface area contributed by atoms with Crippen LogP contribution in [-0.4, -0.2) is 0 Å². The van der Waals surface area contributed by atoms with E-state index in [9.17, 15) is 0 Å². The lowest BCUT2D eigenvalue weighted by Gasteiger charge is -2.09. The molecule has 0 atom stereocenters. The Morgan fingerprint density at radius 3 is 2.36 bits per heavy atom. The van der Waals surface area contributed by atoms with Crippen LogP contribution in [0.5, 0.6) is 0 Å². The van der Waals surface area contributed by atoms with E-state index >= 15 is 0 Å². The third kappa shape index (κ3) is 3.01. The maximum absolute atomic E-state index is 2.45. The normalized spacial score (nSPS) is 16.4. The van der Waals surface area contributed by atoms with Gasteiger partial charge in [0, 0.05) is 0 Å². The Morgan fingerprint density at radius 2 is 1.71 bits per heavy atom. The summed E-state index contributed by atoms with van der Waals surface area (Å²) >= 11 is 0. The zero-order chi connectivity index (χ0) is 10.4. The largest absolute Gasteiger partial charge is 0.0770 e. The molecule has 0 amide bonds. The maximum atomic E-state index is 2.45. The maximum Gasteiger partial charge on any atom is -0.0130 e. The van der Waals surface area contributed by atoms with Gasteiger partial charge in [-0.3, -0.25) is 0 Å². The van der Waals surface area contributed by atoms with Crippen molar-refractivity contribution < 1.29 is 0 Å². The zero-order valence-corrected chi connectivity index (χ0v) is 10.0. The van der Waals surface area contributed by atoms with Gasteiger partial charge < -0.3 is 0 Å². The summed E-state index contributed by atoms with van der Waals surface area (Å²) in [6, 6.07) is 0. The number of unbranched alkanes of at least 4 members (excludes halogenated alkanes) is 2. The average molecular weight is 192 g/mol. The molecule has 1 aliphatic carbocycles. The van der Waals surface area contributed by atoms with E-state index in [1.807, 2.05) is 0 Å². The van der Waals surface area contributed by atoms with Crippen LogP contribution in [0.25, 0.3) is 0 Å². The fourth-order valence-electron chi connectivity index (χ4n) is 2.14. The van der Waals surface area contributed by atoms with E-state index in [1.54, 1.807) is 16.7 Å². The van der Waals surface area contributed by atoms with Gasteiger partial charge in [0.25, 0.3) is 0 Å². The SMILES string of the molecule is CCCCC1=CCC(C)=C1CCCC. The van der Waals surface area contributed by atoms with Crippen LogP contribution in [0.3, 0.4) is 0 Å². The summed E-state index contributed by atoms with van der Waals surface area (Å²) in [7, 11) is 0. The predicted molar refractivity (Wildman–Crippen MR) is 64.5 cm³/mol. The third-order valence-corrected chi connectivity index (χ3v) is 3.14. The van der Waals surface area contributed by atoms with Crippen LogP contribution in [0.15, 0.2) is 22.8 Å². The summed E-state index contributed by atoms with van der Waals surface area (Å²) in [5.74, 6) is 0. The van der Waals surface area contributed by atoms with Gasteiger partial charge >= 0.3 is 0 Å². The molecule has 0 heterocycles. The molecule has 0 aromatic rings. The first-order valence-electron chi connectivity index (χ1n) is 6.17. The highest BCUT2D eigenvalue weighted by molar-refractivity contribution is 5.41. The minimum atomic E-state index is 1.22. The molecule has 1 rings (SSSR count). The summed E-state index contributed by atoms with van der Waals surface area (Å²) in [6.45, 7) is 6.86. The van der Waals surface area contributed by atoms with Crippen molar-refractivity contribution in [1.29, 1.82) is 0 Å². The lowest BCUT2D eigenvalue weighted by molar-refractivity contribution is 0.753. The van der Waals surface area contributed by atoms with Crippen molar-refractivity contribution in [2.75, 3.05) is 0 Å². The Morgan fingerprint density at radius 1 is 1.07 bits per heavy atom. The van der Waals surface area contributed by atoms with E-state index in [1.165, 1.54) is 44.9 Å². The molecule has 1 aliphatic rings. The molecule has 0 aromatic carbocycles. The minimum Gasteiger partial charge on any atom is -0.0770 e. The van der Waals surface area contributed by atoms with Crippen molar-refractivity contribution in [2.45, 2.75) is 65.7 Å². The number of hydrogen-bond donors (Lipinski definition) is 0. The molecule has 0 bridgehead atoms. The average Bonchev–Trinajstić information content (AvgIpc) is 2.53. The van der Waals surface area contributed by atoms with Crippen LogP contribution in [0.4, 0.5) is 0 Å². The van der Waals surface area contributed by atoms with E-state index < -0.39 is 0 Å². The highest BCUT2D eigenvalue weighted by Gasteiger charge is 2.13. The van der Waals surface area contributed by atoms with Crippen molar-refractivity contribution >= 4 is 0 Å². The fourth-order valence-corrected chi connectivity index (χ4v) is 2.14. The first-order chi connectivity index (χ1) is 6.79. The van der Waals surface area contributed by atoms with E-state index in [-0.39, 0.29) is 0 Å². The molecular formula is C14H24.